The summed E-state index contributed by atoms with van der Waals surface area (Å²) < 4.78 is 23.6. The summed E-state index contributed by atoms with van der Waals surface area (Å²) in [6.07, 6.45) is -0.731. The molecule has 6 heteroatoms. The Hall–Kier alpha value is -1.92. The van der Waals surface area contributed by atoms with Gasteiger partial charge in [-0.2, -0.15) is 0 Å². The minimum absolute atomic E-state index is 0.0233. The number of aliphatic hydroxyl groups excluding tert-OH is 1. The number of benzene rings is 1. The number of ether oxygens (including phenoxy) is 1. The van der Waals surface area contributed by atoms with Crippen molar-refractivity contribution >= 4 is 0 Å². The van der Waals surface area contributed by atoms with Gasteiger partial charge in [0.25, 0.3) is 0 Å². The number of hydrogen-bond acceptors (Lipinski definition) is 5. The minimum atomic E-state index is -0.731. The highest BCUT2D eigenvalue weighted by atomic mass is 19.1. The molecule has 0 aliphatic rings. The summed E-state index contributed by atoms with van der Waals surface area (Å²) in [6.45, 7) is 4.62. The quantitative estimate of drug-likeness (QED) is 0.817. The number of aliphatic hydroxyl groups is 1. The molecule has 0 aliphatic carbocycles. The molecule has 114 valence electrons. The fourth-order valence-electron chi connectivity index (χ4n) is 1.92. The van der Waals surface area contributed by atoms with Gasteiger partial charge in [-0.3, -0.25) is 0 Å². The van der Waals surface area contributed by atoms with Crippen LogP contribution in [-0.2, 0) is 6.54 Å². The van der Waals surface area contributed by atoms with E-state index < -0.39 is 11.9 Å². The second kappa shape index (κ2) is 7.19. The first-order valence-electron chi connectivity index (χ1n) is 6.75. The van der Waals surface area contributed by atoms with Crippen LogP contribution in [-0.4, -0.2) is 29.5 Å². The van der Waals surface area contributed by atoms with Crippen molar-refractivity contribution in [2.24, 2.45) is 0 Å². The van der Waals surface area contributed by atoms with Gasteiger partial charge in [-0.25, -0.2) is 4.39 Å². The molecule has 0 saturated heterocycles. The van der Waals surface area contributed by atoms with Crippen LogP contribution >= 0.6 is 0 Å². The first kappa shape index (κ1) is 15.5. The molecule has 0 fully saturated rings. The van der Waals surface area contributed by atoms with Crippen LogP contribution in [0.3, 0.4) is 0 Å². The Morgan fingerprint density at radius 2 is 2.14 bits per heavy atom. The van der Waals surface area contributed by atoms with Gasteiger partial charge in [-0.05, 0) is 26.0 Å². The third-order valence-electron chi connectivity index (χ3n) is 3.13. The van der Waals surface area contributed by atoms with Crippen molar-refractivity contribution in [3.63, 3.8) is 0 Å². The maximum absolute atomic E-state index is 13.3. The maximum Gasteiger partial charge on any atom is 0.165 e. The van der Waals surface area contributed by atoms with E-state index >= 15 is 0 Å². The van der Waals surface area contributed by atoms with Crippen LogP contribution in [0.5, 0.6) is 5.75 Å². The van der Waals surface area contributed by atoms with E-state index in [1.54, 1.807) is 12.1 Å². The van der Waals surface area contributed by atoms with Gasteiger partial charge in [0.2, 0.25) is 0 Å². The molecule has 1 unspecified atom stereocenters. The van der Waals surface area contributed by atoms with Crippen molar-refractivity contribution < 1.29 is 18.8 Å². The Labute approximate surface area is 122 Å². The molecule has 1 aromatic heterocycles. The fraction of sp³-hybridized carbons (Fsp3) is 0.400. The summed E-state index contributed by atoms with van der Waals surface area (Å²) in [7, 11) is 0. The largest absolute Gasteiger partial charge is 0.488 e. The number of halogens is 1. The molecule has 0 spiro atoms. The summed E-state index contributed by atoms with van der Waals surface area (Å²) in [5.41, 5.74) is 1.81. The summed E-state index contributed by atoms with van der Waals surface area (Å²) in [4.78, 5) is 0. The zero-order valence-corrected chi connectivity index (χ0v) is 12.1. The van der Waals surface area contributed by atoms with Crippen molar-refractivity contribution in [1.29, 1.82) is 0 Å². The number of rotatable bonds is 7. The number of aryl methyl sites for hydroxylation is 2. The topological polar surface area (TPSA) is 67.5 Å². The fourth-order valence-corrected chi connectivity index (χ4v) is 1.92. The molecule has 2 rings (SSSR count). The Kier molecular flexibility index (Phi) is 5.30. The molecular weight excluding hydrogens is 275 g/mol. The summed E-state index contributed by atoms with van der Waals surface area (Å²) in [5.74, 6) is 0.466. The summed E-state index contributed by atoms with van der Waals surface area (Å²) >= 11 is 0. The third kappa shape index (κ3) is 4.27. The molecule has 1 atom stereocenters. The van der Waals surface area contributed by atoms with Gasteiger partial charge in [0.05, 0.1) is 5.69 Å². The average Bonchev–Trinajstić information content (AvgIpc) is 2.78. The van der Waals surface area contributed by atoms with Crippen molar-refractivity contribution in [3.05, 3.63) is 47.1 Å². The highest BCUT2D eigenvalue weighted by Crippen LogP contribution is 2.15. The van der Waals surface area contributed by atoms with E-state index in [1.807, 2.05) is 13.8 Å². The third-order valence-corrected chi connectivity index (χ3v) is 3.13. The average molecular weight is 294 g/mol. The molecule has 5 nitrogen and oxygen atoms in total. The normalized spacial score (nSPS) is 12.4. The second-order valence-corrected chi connectivity index (χ2v) is 4.83. The Morgan fingerprint density at radius 1 is 1.38 bits per heavy atom. The number of para-hydroxylation sites is 1. The van der Waals surface area contributed by atoms with Crippen LogP contribution in [0.1, 0.15) is 17.0 Å². The van der Waals surface area contributed by atoms with Crippen molar-refractivity contribution in [2.75, 3.05) is 13.2 Å². The van der Waals surface area contributed by atoms with E-state index in [2.05, 4.69) is 10.5 Å². The number of nitrogens with one attached hydrogen (secondary N) is 1. The van der Waals surface area contributed by atoms with Crippen LogP contribution in [0.25, 0.3) is 0 Å². The van der Waals surface area contributed by atoms with Crippen molar-refractivity contribution in [3.8, 4) is 5.75 Å². The number of hydrogen-bond donors (Lipinski definition) is 2. The van der Waals surface area contributed by atoms with E-state index in [4.69, 9.17) is 9.26 Å². The lowest BCUT2D eigenvalue weighted by Gasteiger charge is -2.13. The minimum Gasteiger partial charge on any atom is -0.488 e. The second-order valence-electron chi connectivity index (χ2n) is 4.83. The molecule has 1 heterocycles. The Morgan fingerprint density at radius 3 is 2.81 bits per heavy atom. The van der Waals surface area contributed by atoms with Crippen LogP contribution in [0, 0.1) is 19.7 Å². The predicted molar refractivity (Wildman–Crippen MR) is 75.6 cm³/mol. The molecule has 2 N–H and O–H groups in total. The van der Waals surface area contributed by atoms with Crippen LogP contribution in [0.2, 0.25) is 0 Å². The SMILES string of the molecule is Cc1noc(C)c1CNCC(O)COc1ccccc1F. The van der Waals surface area contributed by atoms with E-state index in [1.165, 1.54) is 12.1 Å². The summed E-state index contributed by atoms with van der Waals surface area (Å²) in [5, 5.41) is 16.8. The van der Waals surface area contributed by atoms with Crippen LogP contribution in [0.4, 0.5) is 4.39 Å². The van der Waals surface area contributed by atoms with Gasteiger partial charge in [-0.15, -0.1) is 0 Å². The highest BCUT2D eigenvalue weighted by molar-refractivity contribution is 5.23. The molecule has 0 saturated carbocycles. The maximum atomic E-state index is 13.3. The Balaban J connectivity index is 1.73. The molecule has 0 amide bonds. The first-order chi connectivity index (χ1) is 10.1. The monoisotopic (exact) mass is 294 g/mol. The van der Waals surface area contributed by atoms with Gasteiger partial charge in [-0.1, -0.05) is 17.3 Å². The zero-order valence-electron chi connectivity index (χ0n) is 12.1. The van der Waals surface area contributed by atoms with Crippen LogP contribution < -0.4 is 10.1 Å². The molecule has 0 radical (unpaired) electrons. The zero-order chi connectivity index (χ0) is 15.2. The lowest BCUT2D eigenvalue weighted by atomic mass is 10.2. The molecule has 21 heavy (non-hydrogen) atoms. The van der Waals surface area contributed by atoms with E-state index in [0.717, 1.165) is 17.0 Å². The molecule has 0 aliphatic heterocycles. The van der Waals surface area contributed by atoms with E-state index in [0.29, 0.717) is 13.1 Å². The predicted octanol–water partition coefficient (Wildman–Crippen LogP) is 1.96. The van der Waals surface area contributed by atoms with Crippen molar-refractivity contribution in [1.82, 2.24) is 10.5 Å². The lowest BCUT2D eigenvalue weighted by Crippen LogP contribution is -2.31. The molecule has 2 aromatic rings. The van der Waals surface area contributed by atoms with Crippen LogP contribution in [0.15, 0.2) is 28.8 Å². The molecule has 0 bridgehead atoms. The van der Waals surface area contributed by atoms with Gasteiger partial charge in [0, 0.05) is 18.7 Å². The first-order valence-corrected chi connectivity index (χ1v) is 6.75. The lowest BCUT2D eigenvalue weighted by molar-refractivity contribution is 0.104. The van der Waals surface area contributed by atoms with Gasteiger partial charge in [0.1, 0.15) is 18.5 Å². The number of nitrogens with zero attached hydrogens (tertiary/aromatic N) is 1. The standard InChI is InChI=1S/C15H19FN2O3/c1-10-13(11(2)21-18-10)8-17-7-12(19)9-20-15-6-4-3-5-14(15)16/h3-6,12,17,19H,7-9H2,1-2H3. The van der Waals surface area contributed by atoms with Gasteiger partial charge >= 0.3 is 0 Å². The van der Waals surface area contributed by atoms with E-state index in [-0.39, 0.29) is 12.4 Å². The molecule has 1 aromatic carbocycles. The smallest absolute Gasteiger partial charge is 0.165 e. The van der Waals surface area contributed by atoms with Crippen molar-refractivity contribution in [2.45, 2.75) is 26.5 Å². The van der Waals surface area contributed by atoms with E-state index in [9.17, 15) is 9.50 Å². The molecular formula is C15H19FN2O3. The Bertz CT molecular complexity index is 567. The van der Waals surface area contributed by atoms with Gasteiger partial charge < -0.3 is 19.7 Å². The van der Waals surface area contributed by atoms with Gasteiger partial charge in [0.15, 0.2) is 11.6 Å². The highest BCUT2D eigenvalue weighted by Gasteiger charge is 2.11. The summed E-state index contributed by atoms with van der Waals surface area (Å²) in [6, 6.07) is 6.11. The number of aromatic nitrogens is 1.